The highest BCUT2D eigenvalue weighted by molar-refractivity contribution is 5.91. The third kappa shape index (κ3) is 4.52. The highest BCUT2D eigenvalue weighted by Crippen LogP contribution is 2.16. The van der Waals surface area contributed by atoms with Crippen molar-refractivity contribution in [3.05, 3.63) is 54.1 Å². The first-order valence-corrected chi connectivity index (χ1v) is 7.43. The van der Waals surface area contributed by atoms with Gasteiger partial charge in [0.1, 0.15) is 0 Å². The van der Waals surface area contributed by atoms with Gasteiger partial charge in [0.05, 0.1) is 0 Å². The molecular weight excluding hydrogens is 274 g/mol. The molecule has 0 aliphatic heterocycles. The standard InChI is InChI=1S/C18H23N3O/c1-14-6-4-5-7-17(14)19-13-12-18(22)20-15-8-10-16(11-9-15)21(2)3/h4-11,19H,12-13H2,1-3H3,(H,20,22). The Morgan fingerprint density at radius 2 is 1.73 bits per heavy atom. The maximum absolute atomic E-state index is 11.9. The summed E-state index contributed by atoms with van der Waals surface area (Å²) < 4.78 is 0. The van der Waals surface area contributed by atoms with Gasteiger partial charge in [0, 0.05) is 44.1 Å². The van der Waals surface area contributed by atoms with Gasteiger partial charge in [-0.05, 0) is 42.8 Å². The first-order chi connectivity index (χ1) is 10.6. The molecule has 0 saturated heterocycles. The van der Waals surface area contributed by atoms with Crippen LogP contribution in [-0.2, 0) is 4.79 Å². The van der Waals surface area contributed by atoms with Gasteiger partial charge in [0.15, 0.2) is 0 Å². The van der Waals surface area contributed by atoms with E-state index in [2.05, 4.69) is 23.6 Å². The summed E-state index contributed by atoms with van der Waals surface area (Å²) in [7, 11) is 3.98. The van der Waals surface area contributed by atoms with Gasteiger partial charge in [0.2, 0.25) is 5.91 Å². The van der Waals surface area contributed by atoms with E-state index in [1.165, 1.54) is 5.56 Å². The van der Waals surface area contributed by atoms with Gasteiger partial charge in [-0.15, -0.1) is 0 Å². The molecule has 0 saturated carbocycles. The molecular formula is C18H23N3O. The summed E-state index contributed by atoms with van der Waals surface area (Å²) in [4.78, 5) is 14.0. The Bertz CT molecular complexity index is 620. The maximum atomic E-state index is 11.9. The second-order valence-corrected chi connectivity index (χ2v) is 5.48. The maximum Gasteiger partial charge on any atom is 0.226 e. The van der Waals surface area contributed by atoms with Crippen molar-refractivity contribution in [3.63, 3.8) is 0 Å². The molecule has 2 N–H and O–H groups in total. The van der Waals surface area contributed by atoms with Crippen molar-refractivity contribution < 1.29 is 4.79 Å². The lowest BCUT2D eigenvalue weighted by Crippen LogP contribution is -2.16. The molecule has 0 aromatic heterocycles. The topological polar surface area (TPSA) is 44.4 Å². The van der Waals surface area contributed by atoms with E-state index in [1.807, 2.05) is 61.5 Å². The van der Waals surface area contributed by atoms with Gasteiger partial charge in [-0.3, -0.25) is 4.79 Å². The Labute approximate surface area is 132 Å². The lowest BCUT2D eigenvalue weighted by molar-refractivity contribution is -0.115. The number of carbonyl (C=O) groups excluding carboxylic acids is 1. The molecule has 2 aromatic carbocycles. The van der Waals surface area contributed by atoms with Crippen LogP contribution >= 0.6 is 0 Å². The quantitative estimate of drug-likeness (QED) is 0.857. The Balaban J connectivity index is 1.79. The average Bonchev–Trinajstić information content (AvgIpc) is 2.50. The van der Waals surface area contributed by atoms with E-state index in [0.29, 0.717) is 13.0 Å². The van der Waals surface area contributed by atoms with E-state index < -0.39 is 0 Å². The Hall–Kier alpha value is -2.49. The molecule has 0 bridgehead atoms. The van der Waals surface area contributed by atoms with Gasteiger partial charge in [-0.25, -0.2) is 0 Å². The summed E-state index contributed by atoms with van der Waals surface area (Å²) in [6.07, 6.45) is 0.434. The lowest BCUT2D eigenvalue weighted by Gasteiger charge is -2.13. The molecule has 4 nitrogen and oxygen atoms in total. The minimum absolute atomic E-state index is 0.0127. The highest BCUT2D eigenvalue weighted by atomic mass is 16.1. The van der Waals surface area contributed by atoms with Crippen molar-refractivity contribution in [1.29, 1.82) is 0 Å². The smallest absolute Gasteiger partial charge is 0.226 e. The molecule has 22 heavy (non-hydrogen) atoms. The normalized spacial score (nSPS) is 10.1. The SMILES string of the molecule is Cc1ccccc1NCCC(=O)Nc1ccc(N(C)C)cc1. The summed E-state index contributed by atoms with van der Waals surface area (Å²) in [6.45, 7) is 2.67. The van der Waals surface area contributed by atoms with Crippen LogP contribution in [0.25, 0.3) is 0 Å². The number of hydrogen-bond acceptors (Lipinski definition) is 3. The second kappa shape index (κ2) is 7.50. The van der Waals surface area contributed by atoms with Crippen molar-refractivity contribution in [2.24, 2.45) is 0 Å². The molecule has 0 unspecified atom stereocenters. The van der Waals surface area contributed by atoms with Crippen LogP contribution < -0.4 is 15.5 Å². The van der Waals surface area contributed by atoms with Crippen LogP contribution in [0.1, 0.15) is 12.0 Å². The van der Waals surface area contributed by atoms with Gasteiger partial charge in [-0.2, -0.15) is 0 Å². The van der Waals surface area contributed by atoms with Crippen LogP contribution in [-0.4, -0.2) is 26.5 Å². The molecule has 0 spiro atoms. The van der Waals surface area contributed by atoms with Crippen LogP contribution in [0, 0.1) is 6.92 Å². The molecule has 2 aromatic rings. The van der Waals surface area contributed by atoms with Crippen LogP contribution in [0.5, 0.6) is 0 Å². The zero-order valence-corrected chi connectivity index (χ0v) is 13.4. The number of para-hydroxylation sites is 1. The predicted octanol–water partition coefficient (Wildman–Crippen LogP) is 3.50. The molecule has 0 aliphatic rings. The predicted molar refractivity (Wildman–Crippen MR) is 93.7 cm³/mol. The third-order valence-corrected chi connectivity index (χ3v) is 3.48. The number of nitrogens with one attached hydrogen (secondary N) is 2. The Morgan fingerprint density at radius 1 is 1.05 bits per heavy atom. The summed E-state index contributed by atoms with van der Waals surface area (Å²) >= 11 is 0. The summed E-state index contributed by atoms with van der Waals surface area (Å²) in [5.74, 6) is 0.0127. The van der Waals surface area contributed by atoms with E-state index in [9.17, 15) is 4.79 Å². The van der Waals surface area contributed by atoms with Crippen LogP contribution in [0.2, 0.25) is 0 Å². The second-order valence-electron chi connectivity index (χ2n) is 5.48. The Morgan fingerprint density at radius 3 is 2.36 bits per heavy atom. The van der Waals surface area contributed by atoms with Gasteiger partial charge < -0.3 is 15.5 Å². The largest absolute Gasteiger partial charge is 0.384 e. The summed E-state index contributed by atoms with van der Waals surface area (Å²) in [6, 6.07) is 15.9. The summed E-state index contributed by atoms with van der Waals surface area (Å²) in [5.41, 5.74) is 4.19. The number of rotatable bonds is 6. The molecule has 0 aliphatic carbocycles. The van der Waals surface area contributed by atoms with Crippen LogP contribution in [0.15, 0.2) is 48.5 Å². The van der Waals surface area contributed by atoms with Crippen LogP contribution in [0.3, 0.4) is 0 Å². The first kappa shape index (κ1) is 15.9. The molecule has 0 atom stereocenters. The highest BCUT2D eigenvalue weighted by Gasteiger charge is 2.03. The van der Waals surface area contributed by atoms with Crippen molar-refractivity contribution in [2.75, 3.05) is 36.2 Å². The van der Waals surface area contributed by atoms with Gasteiger partial charge >= 0.3 is 0 Å². The van der Waals surface area contributed by atoms with Crippen molar-refractivity contribution in [1.82, 2.24) is 0 Å². The fourth-order valence-electron chi connectivity index (χ4n) is 2.15. The zero-order valence-electron chi connectivity index (χ0n) is 13.4. The zero-order chi connectivity index (χ0) is 15.9. The number of aryl methyl sites for hydroxylation is 1. The minimum atomic E-state index is 0.0127. The van der Waals surface area contributed by atoms with E-state index >= 15 is 0 Å². The average molecular weight is 297 g/mol. The Kier molecular flexibility index (Phi) is 5.42. The molecule has 2 rings (SSSR count). The molecule has 0 radical (unpaired) electrons. The van der Waals surface area contributed by atoms with Crippen LogP contribution in [0.4, 0.5) is 17.1 Å². The monoisotopic (exact) mass is 297 g/mol. The summed E-state index contributed by atoms with van der Waals surface area (Å²) in [5, 5.41) is 6.20. The minimum Gasteiger partial charge on any atom is -0.384 e. The van der Waals surface area contributed by atoms with Crippen molar-refractivity contribution >= 4 is 23.0 Å². The first-order valence-electron chi connectivity index (χ1n) is 7.43. The van der Waals surface area contributed by atoms with Gasteiger partial charge in [0.25, 0.3) is 0 Å². The molecule has 4 heteroatoms. The van der Waals surface area contributed by atoms with Gasteiger partial charge in [-0.1, -0.05) is 18.2 Å². The molecule has 1 amide bonds. The number of anilines is 3. The molecule has 0 heterocycles. The number of amides is 1. The number of carbonyl (C=O) groups is 1. The lowest BCUT2D eigenvalue weighted by atomic mass is 10.2. The molecule has 0 fully saturated rings. The van der Waals surface area contributed by atoms with Crippen molar-refractivity contribution in [3.8, 4) is 0 Å². The van der Waals surface area contributed by atoms with E-state index in [4.69, 9.17) is 0 Å². The van der Waals surface area contributed by atoms with E-state index in [1.54, 1.807) is 0 Å². The molecule has 116 valence electrons. The fraction of sp³-hybridized carbons (Fsp3) is 0.278. The third-order valence-electron chi connectivity index (χ3n) is 3.48. The number of hydrogen-bond donors (Lipinski definition) is 2. The van der Waals surface area contributed by atoms with E-state index in [0.717, 1.165) is 17.1 Å². The van der Waals surface area contributed by atoms with E-state index in [-0.39, 0.29) is 5.91 Å². The number of nitrogens with zero attached hydrogens (tertiary/aromatic N) is 1. The fourth-order valence-corrected chi connectivity index (χ4v) is 2.15. The number of benzene rings is 2. The van der Waals surface area contributed by atoms with Crippen molar-refractivity contribution in [2.45, 2.75) is 13.3 Å².